The van der Waals surface area contributed by atoms with E-state index in [1.807, 2.05) is 6.92 Å². The van der Waals surface area contributed by atoms with Crippen LogP contribution in [0.1, 0.15) is 26.7 Å². The minimum atomic E-state index is -0.0345. The Kier molecular flexibility index (Phi) is 3.78. The molecule has 2 atom stereocenters. The minimum absolute atomic E-state index is 0.0345. The van der Waals surface area contributed by atoms with Crippen LogP contribution in [0.3, 0.4) is 0 Å². The summed E-state index contributed by atoms with van der Waals surface area (Å²) in [4.78, 5) is 16.1. The van der Waals surface area contributed by atoms with Crippen LogP contribution in [-0.4, -0.2) is 28.2 Å². The SMILES string of the molecule is CCn1ccnc(NC2CCCNC2C)c1=O. The van der Waals surface area contributed by atoms with E-state index in [0.29, 0.717) is 18.4 Å². The van der Waals surface area contributed by atoms with Crippen LogP contribution in [0.4, 0.5) is 5.82 Å². The fraction of sp³-hybridized carbons (Fsp3) is 0.667. The van der Waals surface area contributed by atoms with Gasteiger partial charge in [-0.15, -0.1) is 0 Å². The molecule has 5 nitrogen and oxygen atoms in total. The number of aromatic nitrogens is 2. The van der Waals surface area contributed by atoms with E-state index in [-0.39, 0.29) is 11.6 Å². The number of hydrogen-bond donors (Lipinski definition) is 2. The summed E-state index contributed by atoms with van der Waals surface area (Å²) < 4.78 is 1.66. The first-order valence-corrected chi connectivity index (χ1v) is 6.27. The lowest BCUT2D eigenvalue weighted by Gasteiger charge is -2.30. The van der Waals surface area contributed by atoms with Crippen molar-refractivity contribution in [1.29, 1.82) is 0 Å². The van der Waals surface area contributed by atoms with E-state index < -0.39 is 0 Å². The number of hydrogen-bond acceptors (Lipinski definition) is 4. The Morgan fingerprint density at radius 3 is 3.18 bits per heavy atom. The number of anilines is 1. The molecule has 0 bridgehead atoms. The quantitative estimate of drug-likeness (QED) is 0.815. The zero-order chi connectivity index (χ0) is 12.3. The summed E-state index contributed by atoms with van der Waals surface area (Å²) in [6.45, 7) is 5.82. The van der Waals surface area contributed by atoms with Crippen molar-refractivity contribution in [1.82, 2.24) is 14.9 Å². The van der Waals surface area contributed by atoms with Crippen LogP contribution in [0, 0.1) is 0 Å². The van der Waals surface area contributed by atoms with E-state index in [1.54, 1.807) is 17.0 Å². The molecule has 0 aliphatic carbocycles. The lowest BCUT2D eigenvalue weighted by atomic mass is 10.00. The summed E-state index contributed by atoms with van der Waals surface area (Å²) >= 11 is 0. The number of rotatable bonds is 3. The van der Waals surface area contributed by atoms with E-state index >= 15 is 0 Å². The molecule has 2 unspecified atom stereocenters. The van der Waals surface area contributed by atoms with E-state index in [4.69, 9.17) is 0 Å². The lowest BCUT2D eigenvalue weighted by molar-refractivity contribution is 0.388. The first-order valence-electron chi connectivity index (χ1n) is 6.27. The molecular formula is C12H20N4O. The molecule has 5 heteroatoms. The fourth-order valence-corrected chi connectivity index (χ4v) is 2.21. The molecule has 0 saturated carbocycles. The van der Waals surface area contributed by atoms with Gasteiger partial charge in [0.15, 0.2) is 5.82 Å². The summed E-state index contributed by atoms with van der Waals surface area (Å²) in [6, 6.07) is 0.664. The van der Waals surface area contributed by atoms with Gasteiger partial charge in [-0.25, -0.2) is 4.98 Å². The maximum Gasteiger partial charge on any atom is 0.293 e. The molecule has 1 aliphatic rings. The van der Waals surface area contributed by atoms with Gasteiger partial charge in [-0.2, -0.15) is 0 Å². The van der Waals surface area contributed by atoms with Crippen molar-refractivity contribution in [2.45, 2.75) is 45.3 Å². The van der Waals surface area contributed by atoms with Gasteiger partial charge < -0.3 is 15.2 Å². The standard InChI is InChI=1S/C12H20N4O/c1-3-16-8-7-14-11(12(16)17)15-10-5-4-6-13-9(10)2/h7-10,13H,3-6H2,1-2H3,(H,14,15). The number of nitrogens with zero attached hydrogens (tertiary/aromatic N) is 2. The van der Waals surface area contributed by atoms with Crippen LogP contribution in [0.5, 0.6) is 0 Å². The van der Waals surface area contributed by atoms with Crippen LogP contribution in [0.25, 0.3) is 0 Å². The molecular weight excluding hydrogens is 216 g/mol. The van der Waals surface area contributed by atoms with Crippen LogP contribution in [0.2, 0.25) is 0 Å². The maximum atomic E-state index is 12.0. The third kappa shape index (κ3) is 2.66. The van der Waals surface area contributed by atoms with Crippen LogP contribution < -0.4 is 16.2 Å². The summed E-state index contributed by atoms with van der Waals surface area (Å²) in [6.07, 6.45) is 5.61. The first kappa shape index (κ1) is 12.1. The number of aryl methyl sites for hydroxylation is 1. The molecule has 1 aliphatic heterocycles. The topological polar surface area (TPSA) is 59.0 Å². The van der Waals surface area contributed by atoms with Gasteiger partial charge in [0.05, 0.1) is 0 Å². The third-order valence-electron chi connectivity index (χ3n) is 3.34. The summed E-state index contributed by atoms with van der Waals surface area (Å²) in [5.41, 5.74) is -0.0345. The summed E-state index contributed by atoms with van der Waals surface area (Å²) in [7, 11) is 0. The van der Waals surface area contributed by atoms with E-state index in [1.165, 1.54) is 0 Å². The van der Waals surface area contributed by atoms with Crippen LogP contribution in [-0.2, 0) is 6.54 Å². The molecule has 1 aromatic rings. The Morgan fingerprint density at radius 2 is 2.47 bits per heavy atom. The highest BCUT2D eigenvalue weighted by atomic mass is 16.1. The second-order valence-electron chi connectivity index (χ2n) is 4.50. The second-order valence-corrected chi connectivity index (χ2v) is 4.50. The van der Waals surface area contributed by atoms with Gasteiger partial charge in [-0.05, 0) is 33.2 Å². The monoisotopic (exact) mass is 236 g/mol. The largest absolute Gasteiger partial charge is 0.361 e. The van der Waals surface area contributed by atoms with Gasteiger partial charge in [-0.3, -0.25) is 4.79 Å². The highest BCUT2D eigenvalue weighted by Crippen LogP contribution is 2.11. The molecule has 0 spiro atoms. The third-order valence-corrected chi connectivity index (χ3v) is 3.34. The van der Waals surface area contributed by atoms with Crippen molar-refractivity contribution < 1.29 is 0 Å². The van der Waals surface area contributed by atoms with Gasteiger partial charge in [0.25, 0.3) is 5.56 Å². The average molecular weight is 236 g/mol. The highest BCUT2D eigenvalue weighted by Gasteiger charge is 2.21. The molecule has 1 aromatic heterocycles. The second kappa shape index (κ2) is 5.31. The van der Waals surface area contributed by atoms with Gasteiger partial charge in [-0.1, -0.05) is 0 Å². The van der Waals surface area contributed by atoms with Gasteiger partial charge in [0.2, 0.25) is 0 Å². The molecule has 0 amide bonds. The predicted molar refractivity (Wildman–Crippen MR) is 68.3 cm³/mol. The van der Waals surface area contributed by atoms with E-state index in [2.05, 4.69) is 22.5 Å². The number of nitrogens with one attached hydrogen (secondary N) is 2. The van der Waals surface area contributed by atoms with Crippen molar-refractivity contribution in [3.8, 4) is 0 Å². The Morgan fingerprint density at radius 1 is 1.65 bits per heavy atom. The van der Waals surface area contributed by atoms with Crippen molar-refractivity contribution in [3.05, 3.63) is 22.7 Å². The van der Waals surface area contributed by atoms with Crippen molar-refractivity contribution in [2.24, 2.45) is 0 Å². The smallest absolute Gasteiger partial charge is 0.293 e. The van der Waals surface area contributed by atoms with E-state index in [0.717, 1.165) is 19.4 Å². The zero-order valence-electron chi connectivity index (χ0n) is 10.4. The Bertz CT molecular complexity index is 429. The normalized spacial score (nSPS) is 24.6. The van der Waals surface area contributed by atoms with Gasteiger partial charge >= 0.3 is 0 Å². The number of piperidine rings is 1. The highest BCUT2D eigenvalue weighted by molar-refractivity contribution is 5.33. The molecule has 2 heterocycles. The Balaban J connectivity index is 2.15. The van der Waals surface area contributed by atoms with Crippen molar-refractivity contribution >= 4 is 5.82 Å². The molecule has 0 aromatic carbocycles. The zero-order valence-corrected chi connectivity index (χ0v) is 10.4. The predicted octanol–water partition coefficient (Wildman–Crippen LogP) is 0.816. The molecule has 17 heavy (non-hydrogen) atoms. The van der Waals surface area contributed by atoms with Crippen molar-refractivity contribution in [2.75, 3.05) is 11.9 Å². The first-order chi connectivity index (χ1) is 8.22. The molecule has 1 saturated heterocycles. The van der Waals surface area contributed by atoms with Crippen LogP contribution in [0.15, 0.2) is 17.2 Å². The summed E-state index contributed by atoms with van der Waals surface area (Å²) in [5, 5.41) is 6.67. The lowest BCUT2D eigenvalue weighted by Crippen LogP contribution is -2.47. The van der Waals surface area contributed by atoms with Crippen LogP contribution >= 0.6 is 0 Å². The van der Waals surface area contributed by atoms with Crippen molar-refractivity contribution in [3.63, 3.8) is 0 Å². The van der Waals surface area contributed by atoms with E-state index in [9.17, 15) is 4.79 Å². The van der Waals surface area contributed by atoms with Gasteiger partial charge in [0.1, 0.15) is 0 Å². The Labute approximate surface area is 101 Å². The molecule has 1 fully saturated rings. The minimum Gasteiger partial charge on any atom is -0.361 e. The summed E-state index contributed by atoms with van der Waals surface area (Å²) in [5.74, 6) is 0.468. The Hall–Kier alpha value is -1.36. The fourth-order valence-electron chi connectivity index (χ4n) is 2.21. The maximum absolute atomic E-state index is 12.0. The molecule has 2 N–H and O–H groups in total. The average Bonchev–Trinajstić information content (AvgIpc) is 2.34. The molecule has 2 rings (SSSR count). The molecule has 0 radical (unpaired) electrons. The molecule has 94 valence electrons. The van der Waals surface area contributed by atoms with Gasteiger partial charge in [0, 0.05) is 31.0 Å².